The van der Waals surface area contributed by atoms with Crippen molar-refractivity contribution in [2.24, 2.45) is 0 Å². The molecule has 3 atom stereocenters. The van der Waals surface area contributed by atoms with Crippen molar-refractivity contribution in [3.8, 4) is 0 Å². The maximum absolute atomic E-state index is 11.2. The van der Waals surface area contributed by atoms with Crippen LogP contribution >= 0.6 is 0 Å². The average molecular weight is 204 g/mol. The van der Waals surface area contributed by atoms with Crippen LogP contribution in [0.5, 0.6) is 0 Å². The number of aliphatic hydroxyl groups excluding tert-OH is 1. The predicted molar refractivity (Wildman–Crippen MR) is 52.9 cm³/mol. The quantitative estimate of drug-likeness (QED) is 0.658. The Kier molecular flexibility index (Phi) is 6.49. The van der Waals surface area contributed by atoms with Crippen LogP contribution in [0, 0.1) is 0 Å². The molecule has 0 aromatic heterocycles. The highest BCUT2D eigenvalue weighted by Crippen LogP contribution is 2.07. The summed E-state index contributed by atoms with van der Waals surface area (Å²) in [6, 6.07) is 0. The highest BCUT2D eigenvalue weighted by molar-refractivity contribution is 5.74. The molecule has 0 saturated heterocycles. The van der Waals surface area contributed by atoms with Crippen molar-refractivity contribution in [3.63, 3.8) is 0 Å². The summed E-state index contributed by atoms with van der Waals surface area (Å²) in [6.45, 7) is 7.31. The zero-order valence-corrected chi connectivity index (χ0v) is 9.32. The molecule has 3 unspecified atom stereocenters. The van der Waals surface area contributed by atoms with Crippen molar-refractivity contribution >= 4 is 5.97 Å². The third-order valence-electron chi connectivity index (χ3n) is 2.00. The number of hydrogen-bond donors (Lipinski definition) is 1. The first-order chi connectivity index (χ1) is 6.52. The number of hydrogen-bond acceptors (Lipinski definition) is 4. The molecule has 0 saturated carbocycles. The van der Waals surface area contributed by atoms with Gasteiger partial charge < -0.3 is 14.6 Å². The molecule has 0 amide bonds. The number of carbonyl (C=O) groups is 1. The Morgan fingerprint density at radius 3 is 2.36 bits per heavy atom. The molecule has 0 spiro atoms. The Labute approximate surface area is 85.2 Å². The van der Waals surface area contributed by atoms with Crippen LogP contribution in [0.15, 0.2) is 0 Å². The summed E-state index contributed by atoms with van der Waals surface area (Å²) in [5.74, 6) is -0.386. The maximum atomic E-state index is 11.2. The van der Waals surface area contributed by atoms with E-state index in [1.807, 2.05) is 6.92 Å². The first kappa shape index (κ1) is 13.4. The van der Waals surface area contributed by atoms with Crippen molar-refractivity contribution in [2.45, 2.75) is 52.4 Å². The molecular weight excluding hydrogens is 184 g/mol. The zero-order chi connectivity index (χ0) is 11.1. The number of esters is 1. The standard InChI is InChI=1S/C10H20O4/c1-5-9(11)7(3)14-8(4)10(12)13-6-2/h7-9,11H,5-6H2,1-4H3. The molecule has 84 valence electrons. The van der Waals surface area contributed by atoms with Gasteiger partial charge in [-0.25, -0.2) is 4.79 Å². The monoisotopic (exact) mass is 204 g/mol. The second-order valence-corrected chi connectivity index (χ2v) is 3.21. The third-order valence-corrected chi connectivity index (χ3v) is 2.00. The third kappa shape index (κ3) is 4.58. The fourth-order valence-corrected chi connectivity index (χ4v) is 1.06. The van der Waals surface area contributed by atoms with E-state index in [1.165, 1.54) is 0 Å². The Morgan fingerprint density at radius 2 is 1.93 bits per heavy atom. The van der Waals surface area contributed by atoms with Crippen LogP contribution in [0.3, 0.4) is 0 Å². The van der Waals surface area contributed by atoms with Crippen molar-refractivity contribution in [1.29, 1.82) is 0 Å². The van der Waals surface area contributed by atoms with Gasteiger partial charge in [0.15, 0.2) is 6.10 Å². The van der Waals surface area contributed by atoms with E-state index in [2.05, 4.69) is 0 Å². The van der Waals surface area contributed by atoms with E-state index in [1.54, 1.807) is 20.8 Å². The van der Waals surface area contributed by atoms with Crippen LogP contribution < -0.4 is 0 Å². The molecule has 0 aliphatic rings. The van der Waals surface area contributed by atoms with Crippen LogP contribution in [-0.2, 0) is 14.3 Å². The van der Waals surface area contributed by atoms with Gasteiger partial charge in [-0.3, -0.25) is 0 Å². The SMILES string of the molecule is CCOC(=O)C(C)OC(C)C(O)CC. The molecule has 0 heterocycles. The van der Waals surface area contributed by atoms with Gasteiger partial charge in [0.05, 0.1) is 18.8 Å². The largest absolute Gasteiger partial charge is 0.464 e. The normalized spacial score (nSPS) is 17.2. The van der Waals surface area contributed by atoms with Crippen molar-refractivity contribution < 1.29 is 19.4 Å². The predicted octanol–water partition coefficient (Wildman–Crippen LogP) is 1.11. The van der Waals surface area contributed by atoms with Gasteiger partial charge in [0, 0.05) is 0 Å². The number of aliphatic hydroxyl groups is 1. The van der Waals surface area contributed by atoms with Crippen LogP contribution in [0.2, 0.25) is 0 Å². The molecule has 0 fully saturated rings. The number of carbonyl (C=O) groups excluding carboxylic acids is 1. The molecule has 0 rings (SSSR count). The molecule has 0 aliphatic heterocycles. The van der Waals surface area contributed by atoms with Crippen LogP contribution in [0.1, 0.15) is 34.1 Å². The molecule has 0 bridgehead atoms. The van der Waals surface area contributed by atoms with Gasteiger partial charge in [-0.1, -0.05) is 6.92 Å². The molecule has 0 radical (unpaired) electrons. The minimum atomic E-state index is -0.619. The van der Waals surface area contributed by atoms with Crippen molar-refractivity contribution in [2.75, 3.05) is 6.61 Å². The lowest BCUT2D eigenvalue weighted by Gasteiger charge is -2.21. The second-order valence-electron chi connectivity index (χ2n) is 3.21. The van der Waals surface area contributed by atoms with E-state index < -0.39 is 12.2 Å². The highest BCUT2D eigenvalue weighted by Gasteiger charge is 2.21. The molecule has 1 N–H and O–H groups in total. The lowest BCUT2D eigenvalue weighted by Crippen LogP contribution is -2.33. The molecule has 4 heteroatoms. The van der Waals surface area contributed by atoms with Gasteiger partial charge >= 0.3 is 5.97 Å². The molecule has 0 aromatic rings. The average Bonchev–Trinajstić information content (AvgIpc) is 2.16. The molecule has 14 heavy (non-hydrogen) atoms. The molecule has 0 aromatic carbocycles. The summed E-state index contributed by atoms with van der Waals surface area (Å²) in [6.07, 6.45) is -0.895. The van der Waals surface area contributed by atoms with E-state index in [0.29, 0.717) is 13.0 Å². The number of ether oxygens (including phenoxy) is 2. The van der Waals surface area contributed by atoms with E-state index in [-0.39, 0.29) is 12.1 Å². The summed E-state index contributed by atoms with van der Waals surface area (Å²) in [5.41, 5.74) is 0. The van der Waals surface area contributed by atoms with E-state index in [9.17, 15) is 9.90 Å². The fraction of sp³-hybridized carbons (Fsp3) is 0.900. The summed E-state index contributed by atoms with van der Waals surface area (Å²) < 4.78 is 10.1. The lowest BCUT2D eigenvalue weighted by molar-refractivity contribution is -0.162. The van der Waals surface area contributed by atoms with Crippen LogP contribution in [0.4, 0.5) is 0 Å². The van der Waals surface area contributed by atoms with Gasteiger partial charge in [0.1, 0.15) is 0 Å². The molecule has 0 aliphatic carbocycles. The Bertz CT molecular complexity index is 170. The van der Waals surface area contributed by atoms with Gasteiger partial charge in [0.25, 0.3) is 0 Å². The van der Waals surface area contributed by atoms with Gasteiger partial charge in [-0.15, -0.1) is 0 Å². The first-order valence-electron chi connectivity index (χ1n) is 5.03. The molecule has 4 nitrogen and oxygen atoms in total. The smallest absolute Gasteiger partial charge is 0.334 e. The number of rotatable bonds is 6. The van der Waals surface area contributed by atoms with Gasteiger partial charge in [0.2, 0.25) is 0 Å². The van der Waals surface area contributed by atoms with E-state index in [4.69, 9.17) is 9.47 Å². The Hall–Kier alpha value is -0.610. The summed E-state index contributed by atoms with van der Waals surface area (Å²) >= 11 is 0. The minimum absolute atomic E-state index is 0.344. The molecular formula is C10H20O4. The van der Waals surface area contributed by atoms with E-state index >= 15 is 0 Å². The minimum Gasteiger partial charge on any atom is -0.464 e. The topological polar surface area (TPSA) is 55.8 Å². The Balaban J connectivity index is 3.92. The van der Waals surface area contributed by atoms with Crippen molar-refractivity contribution in [3.05, 3.63) is 0 Å². The highest BCUT2D eigenvalue weighted by atomic mass is 16.6. The fourth-order valence-electron chi connectivity index (χ4n) is 1.06. The van der Waals surface area contributed by atoms with Gasteiger partial charge in [-0.05, 0) is 27.2 Å². The van der Waals surface area contributed by atoms with Crippen molar-refractivity contribution in [1.82, 2.24) is 0 Å². The summed E-state index contributed by atoms with van der Waals surface area (Å²) in [5, 5.41) is 9.41. The Morgan fingerprint density at radius 1 is 1.36 bits per heavy atom. The summed E-state index contributed by atoms with van der Waals surface area (Å²) in [7, 11) is 0. The zero-order valence-electron chi connectivity index (χ0n) is 9.32. The second kappa shape index (κ2) is 6.79. The maximum Gasteiger partial charge on any atom is 0.334 e. The van der Waals surface area contributed by atoms with E-state index in [0.717, 1.165) is 0 Å². The summed E-state index contributed by atoms with van der Waals surface area (Å²) in [4.78, 5) is 11.2. The van der Waals surface area contributed by atoms with Crippen LogP contribution in [-0.4, -0.2) is 36.0 Å². The lowest BCUT2D eigenvalue weighted by atomic mass is 10.2. The first-order valence-corrected chi connectivity index (χ1v) is 5.03. The van der Waals surface area contributed by atoms with Gasteiger partial charge in [-0.2, -0.15) is 0 Å². The van der Waals surface area contributed by atoms with Crippen LogP contribution in [0.25, 0.3) is 0 Å².